The van der Waals surface area contributed by atoms with Gasteiger partial charge in [-0.2, -0.15) is 0 Å². The molecule has 1 spiro atoms. The molecule has 0 aliphatic carbocycles. The Kier molecular flexibility index (Phi) is 4.52. The van der Waals surface area contributed by atoms with Crippen molar-refractivity contribution in [3.63, 3.8) is 0 Å². The minimum atomic E-state index is -0.909. The topological polar surface area (TPSA) is 100 Å². The van der Waals surface area contributed by atoms with Gasteiger partial charge in [0.1, 0.15) is 11.4 Å². The van der Waals surface area contributed by atoms with Crippen molar-refractivity contribution in [2.75, 3.05) is 13.1 Å². The van der Waals surface area contributed by atoms with Gasteiger partial charge in [-0.3, -0.25) is 14.9 Å². The monoisotopic (exact) mass is 408 g/mol. The summed E-state index contributed by atoms with van der Waals surface area (Å²) in [5.74, 6) is 0.835. The Labute approximate surface area is 174 Å². The quantitative estimate of drug-likeness (QED) is 0.773. The van der Waals surface area contributed by atoms with Gasteiger partial charge in [0.25, 0.3) is 11.8 Å². The van der Waals surface area contributed by atoms with E-state index >= 15 is 0 Å². The zero-order chi connectivity index (χ0) is 20.7. The highest BCUT2D eigenvalue weighted by atomic mass is 16.2. The van der Waals surface area contributed by atoms with Crippen LogP contribution in [0.25, 0.3) is 0 Å². The summed E-state index contributed by atoms with van der Waals surface area (Å²) in [5.41, 5.74) is 0.0591. The van der Waals surface area contributed by atoms with Crippen LogP contribution in [0.4, 0.5) is 4.79 Å². The molecule has 2 saturated heterocycles. The summed E-state index contributed by atoms with van der Waals surface area (Å²) >= 11 is 0. The smallest absolute Gasteiger partial charge is 0.325 e. The second-order valence-electron chi connectivity index (χ2n) is 8.20. The molecule has 9 nitrogen and oxygen atoms in total. The van der Waals surface area contributed by atoms with Gasteiger partial charge in [-0.15, -0.1) is 10.2 Å². The molecular weight excluding hydrogens is 384 g/mol. The number of benzene rings is 1. The third kappa shape index (κ3) is 2.96. The Bertz CT molecular complexity index is 993. The number of urea groups is 1. The average Bonchev–Trinajstić information content (AvgIpc) is 3.30. The largest absolute Gasteiger partial charge is 0.336 e. The van der Waals surface area contributed by atoms with E-state index in [-0.39, 0.29) is 17.8 Å². The van der Waals surface area contributed by atoms with Crippen LogP contribution in [0.3, 0.4) is 0 Å². The first-order valence-corrected chi connectivity index (χ1v) is 10.5. The highest BCUT2D eigenvalue weighted by Crippen LogP contribution is 2.35. The molecule has 5 rings (SSSR count). The number of fused-ring (bicyclic) bond motifs is 1. The number of nitrogens with zero attached hydrogens (tertiary/aromatic N) is 5. The Hall–Kier alpha value is -3.23. The van der Waals surface area contributed by atoms with Crippen molar-refractivity contribution in [3.8, 4) is 0 Å². The van der Waals surface area contributed by atoms with E-state index < -0.39 is 5.54 Å². The molecule has 9 heteroatoms. The molecule has 4 amide bonds. The maximum atomic E-state index is 13.1. The van der Waals surface area contributed by atoms with E-state index in [0.717, 1.165) is 37.2 Å². The van der Waals surface area contributed by atoms with Crippen LogP contribution in [0.15, 0.2) is 30.3 Å². The number of amides is 4. The molecule has 3 aliphatic rings. The van der Waals surface area contributed by atoms with Crippen LogP contribution >= 0.6 is 0 Å². The molecule has 0 saturated carbocycles. The first-order valence-electron chi connectivity index (χ1n) is 10.5. The van der Waals surface area contributed by atoms with Gasteiger partial charge < -0.3 is 14.4 Å². The number of piperidine rings is 1. The summed E-state index contributed by atoms with van der Waals surface area (Å²) in [6, 6.07) is 9.27. The highest BCUT2D eigenvalue weighted by molar-refractivity contribution is 6.07. The van der Waals surface area contributed by atoms with Crippen molar-refractivity contribution < 1.29 is 14.4 Å². The Morgan fingerprint density at radius 1 is 1.03 bits per heavy atom. The summed E-state index contributed by atoms with van der Waals surface area (Å²) in [6.45, 7) is 1.92. The van der Waals surface area contributed by atoms with Gasteiger partial charge in [0.15, 0.2) is 0 Å². The fourth-order valence-corrected chi connectivity index (χ4v) is 4.77. The maximum absolute atomic E-state index is 13.1. The van der Waals surface area contributed by atoms with Gasteiger partial charge in [-0.05, 0) is 31.2 Å². The molecular formula is C21H24N6O3. The molecule has 0 radical (unpaired) electrons. The third-order valence-corrected chi connectivity index (χ3v) is 6.52. The Morgan fingerprint density at radius 3 is 2.57 bits per heavy atom. The van der Waals surface area contributed by atoms with Crippen LogP contribution < -0.4 is 5.32 Å². The fraction of sp³-hybridized carbons (Fsp3) is 0.476. The lowest BCUT2D eigenvalue weighted by Gasteiger charge is -2.42. The number of carbonyl (C=O) groups is 3. The second kappa shape index (κ2) is 7.23. The summed E-state index contributed by atoms with van der Waals surface area (Å²) in [4.78, 5) is 41.7. The van der Waals surface area contributed by atoms with E-state index in [1.165, 1.54) is 0 Å². The van der Waals surface area contributed by atoms with Crippen molar-refractivity contribution in [3.05, 3.63) is 47.5 Å². The predicted octanol–water partition coefficient (Wildman–Crippen LogP) is 1.34. The molecule has 30 heavy (non-hydrogen) atoms. The molecule has 2 fully saturated rings. The van der Waals surface area contributed by atoms with E-state index in [1.807, 2.05) is 34.9 Å². The van der Waals surface area contributed by atoms with E-state index in [0.29, 0.717) is 38.3 Å². The summed E-state index contributed by atoms with van der Waals surface area (Å²) in [6.07, 6.45) is 3.75. The minimum absolute atomic E-state index is 0.148. The predicted molar refractivity (Wildman–Crippen MR) is 106 cm³/mol. The van der Waals surface area contributed by atoms with E-state index in [4.69, 9.17) is 0 Å². The number of aromatic nitrogens is 3. The number of nitrogens with one attached hydrogen (secondary N) is 1. The number of hydrogen-bond donors (Lipinski definition) is 1. The zero-order valence-electron chi connectivity index (χ0n) is 16.7. The SMILES string of the molecule is O=C(c1nnc2n1CCCC2)N1CCC2(CC1)C(=O)NC(=O)N2Cc1ccccc1. The lowest BCUT2D eigenvalue weighted by molar-refractivity contribution is -0.129. The van der Waals surface area contributed by atoms with Crippen molar-refractivity contribution >= 4 is 17.8 Å². The number of likely N-dealkylation sites (tertiary alicyclic amines) is 1. The fourth-order valence-electron chi connectivity index (χ4n) is 4.77. The van der Waals surface area contributed by atoms with Gasteiger partial charge in [0.05, 0.1) is 0 Å². The molecule has 0 atom stereocenters. The molecule has 3 aliphatic heterocycles. The first kappa shape index (κ1) is 18.8. The van der Waals surface area contributed by atoms with Crippen LogP contribution in [0.1, 0.15) is 47.7 Å². The van der Waals surface area contributed by atoms with Crippen molar-refractivity contribution in [1.29, 1.82) is 0 Å². The molecule has 156 valence electrons. The van der Waals surface area contributed by atoms with Gasteiger partial charge in [0.2, 0.25) is 5.82 Å². The number of imide groups is 1. The number of carbonyl (C=O) groups excluding carboxylic acids is 3. The highest BCUT2D eigenvalue weighted by Gasteiger charge is 2.54. The molecule has 4 heterocycles. The minimum Gasteiger partial charge on any atom is -0.336 e. The standard InChI is InChI=1S/C21H24N6O3/c28-18(17-24-23-16-8-4-5-11-26(16)17)25-12-9-21(10-13-25)19(29)22-20(30)27(21)14-15-6-2-1-3-7-15/h1-3,6-7H,4-5,8-14H2,(H,22,29,30). The molecule has 2 aromatic rings. The van der Waals surface area contributed by atoms with Crippen molar-refractivity contribution in [1.82, 2.24) is 29.9 Å². The number of aryl methyl sites for hydroxylation is 1. The summed E-state index contributed by atoms with van der Waals surface area (Å²) in [5, 5.41) is 10.8. The van der Waals surface area contributed by atoms with Crippen LogP contribution in [-0.2, 0) is 24.3 Å². The molecule has 1 aromatic carbocycles. The van der Waals surface area contributed by atoms with E-state index in [9.17, 15) is 14.4 Å². The third-order valence-electron chi connectivity index (χ3n) is 6.52. The second-order valence-corrected chi connectivity index (χ2v) is 8.20. The molecule has 1 aromatic heterocycles. The zero-order valence-corrected chi connectivity index (χ0v) is 16.7. The average molecular weight is 408 g/mol. The number of hydrogen-bond acceptors (Lipinski definition) is 5. The van der Waals surface area contributed by atoms with Gasteiger partial charge in [-0.1, -0.05) is 30.3 Å². The maximum Gasteiger partial charge on any atom is 0.325 e. The van der Waals surface area contributed by atoms with Crippen molar-refractivity contribution in [2.45, 2.75) is 50.7 Å². The van der Waals surface area contributed by atoms with E-state index in [1.54, 1.807) is 9.80 Å². The lowest BCUT2D eigenvalue weighted by Crippen LogP contribution is -2.57. The van der Waals surface area contributed by atoms with Gasteiger partial charge >= 0.3 is 6.03 Å². The van der Waals surface area contributed by atoms with Gasteiger partial charge in [0, 0.05) is 32.6 Å². The van der Waals surface area contributed by atoms with Crippen LogP contribution in [0, 0.1) is 0 Å². The van der Waals surface area contributed by atoms with Crippen LogP contribution in [0.2, 0.25) is 0 Å². The summed E-state index contributed by atoms with van der Waals surface area (Å²) < 4.78 is 1.92. The lowest BCUT2D eigenvalue weighted by atomic mass is 9.85. The molecule has 1 N–H and O–H groups in total. The van der Waals surface area contributed by atoms with Gasteiger partial charge in [-0.25, -0.2) is 4.79 Å². The van der Waals surface area contributed by atoms with Crippen LogP contribution in [-0.4, -0.2) is 61.0 Å². The number of rotatable bonds is 3. The van der Waals surface area contributed by atoms with E-state index in [2.05, 4.69) is 15.5 Å². The molecule has 0 bridgehead atoms. The Morgan fingerprint density at radius 2 is 1.80 bits per heavy atom. The molecule has 0 unspecified atom stereocenters. The first-order chi connectivity index (χ1) is 14.6. The summed E-state index contributed by atoms with van der Waals surface area (Å²) in [7, 11) is 0. The van der Waals surface area contributed by atoms with Crippen molar-refractivity contribution in [2.24, 2.45) is 0 Å². The van der Waals surface area contributed by atoms with Crippen LogP contribution in [0.5, 0.6) is 0 Å². The Balaban J connectivity index is 1.33. The normalized spacial score (nSPS) is 20.4.